The second-order valence-corrected chi connectivity index (χ2v) is 9.52. The van der Waals surface area contributed by atoms with Gasteiger partial charge in [0.1, 0.15) is 0 Å². The van der Waals surface area contributed by atoms with E-state index in [-0.39, 0.29) is 38.2 Å². The third-order valence-corrected chi connectivity index (χ3v) is 6.98. The Hall–Kier alpha value is -4.26. The molecule has 2 amide bonds. The van der Waals surface area contributed by atoms with Gasteiger partial charge in [-0.3, -0.25) is 14.4 Å². The number of halogens is 2. The zero-order valence-electron chi connectivity index (χ0n) is 20.0. The maximum absolute atomic E-state index is 13.0. The Bertz CT molecular complexity index is 1570. The highest BCUT2D eigenvalue weighted by Gasteiger charge is 2.38. The maximum atomic E-state index is 13.0. The summed E-state index contributed by atoms with van der Waals surface area (Å²) in [7, 11) is 0. The molecule has 4 aromatic rings. The molecule has 0 bridgehead atoms. The molecule has 1 aliphatic heterocycles. The molecule has 38 heavy (non-hydrogen) atoms. The molecule has 1 heterocycles. The number of benzene rings is 4. The van der Waals surface area contributed by atoms with E-state index in [0.717, 1.165) is 16.0 Å². The summed E-state index contributed by atoms with van der Waals surface area (Å²) in [6.07, 6.45) is 0. The van der Waals surface area contributed by atoms with E-state index in [1.54, 1.807) is 25.1 Å². The van der Waals surface area contributed by atoms with E-state index in [2.05, 4.69) is 0 Å². The molecule has 0 radical (unpaired) electrons. The van der Waals surface area contributed by atoms with E-state index < -0.39 is 24.4 Å². The first kappa shape index (κ1) is 25.4. The molecule has 0 N–H and O–H groups in total. The molecule has 6 nitrogen and oxygen atoms in total. The second kappa shape index (κ2) is 10.2. The quantitative estimate of drug-likeness (QED) is 0.151. The molecule has 0 aliphatic carbocycles. The molecule has 0 fully saturated rings. The van der Waals surface area contributed by atoms with Gasteiger partial charge in [-0.05, 0) is 47.9 Å². The van der Waals surface area contributed by atoms with Crippen LogP contribution in [-0.2, 0) is 4.74 Å². The van der Waals surface area contributed by atoms with E-state index in [9.17, 15) is 19.2 Å². The lowest BCUT2D eigenvalue weighted by Gasteiger charge is -2.17. The molecule has 0 saturated heterocycles. The van der Waals surface area contributed by atoms with E-state index in [1.165, 1.54) is 24.3 Å². The molecule has 0 saturated carbocycles. The number of carbonyl (C=O) groups excluding carboxylic acids is 4. The Balaban J connectivity index is 1.30. The van der Waals surface area contributed by atoms with Crippen molar-refractivity contribution in [2.45, 2.75) is 6.92 Å². The normalized spacial score (nSPS) is 12.4. The summed E-state index contributed by atoms with van der Waals surface area (Å²) in [5, 5.41) is 0.309. The molecular formula is C30H19Cl2NO5. The zero-order valence-corrected chi connectivity index (χ0v) is 21.5. The lowest BCUT2D eigenvalue weighted by Crippen LogP contribution is -2.30. The smallest absolute Gasteiger partial charge is 0.338 e. The fourth-order valence-corrected chi connectivity index (χ4v) is 4.53. The van der Waals surface area contributed by atoms with Crippen LogP contribution in [0.15, 0.2) is 84.9 Å². The highest BCUT2D eigenvalue weighted by Crippen LogP contribution is 2.35. The minimum Gasteiger partial charge on any atom is -0.454 e. The van der Waals surface area contributed by atoms with Crippen molar-refractivity contribution in [3.05, 3.63) is 123 Å². The first-order chi connectivity index (χ1) is 18.2. The van der Waals surface area contributed by atoms with Crippen LogP contribution in [0.4, 0.5) is 5.69 Å². The third-order valence-electron chi connectivity index (χ3n) is 6.26. The van der Waals surface area contributed by atoms with Crippen molar-refractivity contribution in [2.24, 2.45) is 0 Å². The molecular weight excluding hydrogens is 525 g/mol. The van der Waals surface area contributed by atoms with Gasteiger partial charge in [0, 0.05) is 5.56 Å². The van der Waals surface area contributed by atoms with Gasteiger partial charge in [0.25, 0.3) is 11.8 Å². The molecule has 0 unspecified atom stereocenters. The number of amides is 2. The Morgan fingerprint density at radius 3 is 1.89 bits per heavy atom. The van der Waals surface area contributed by atoms with Crippen LogP contribution in [0.2, 0.25) is 10.0 Å². The van der Waals surface area contributed by atoms with E-state index in [0.29, 0.717) is 11.1 Å². The molecule has 188 valence electrons. The molecule has 4 aromatic carbocycles. The minimum absolute atomic E-state index is 0.0884. The predicted octanol–water partition coefficient (Wildman–Crippen LogP) is 6.81. The maximum Gasteiger partial charge on any atom is 0.338 e. The van der Waals surface area contributed by atoms with Gasteiger partial charge < -0.3 is 4.74 Å². The first-order valence-corrected chi connectivity index (χ1v) is 12.3. The standard InChI is InChI=1S/C30H19Cl2NO5/c1-17-7-8-21(13-26(17)33-28(35)22-14-24(31)25(32)15-23(22)29(33)36)30(37)38-16-27(34)20-11-9-19(10-12-20)18-5-3-2-4-6-18/h2-15H,16H2,1H3. The topological polar surface area (TPSA) is 80.8 Å². The summed E-state index contributed by atoms with van der Waals surface area (Å²) in [5.41, 5.74) is 3.54. The molecule has 5 rings (SSSR count). The first-order valence-electron chi connectivity index (χ1n) is 11.6. The van der Waals surface area contributed by atoms with Crippen LogP contribution < -0.4 is 4.90 Å². The fraction of sp³-hybridized carbons (Fsp3) is 0.0667. The van der Waals surface area contributed by atoms with E-state index in [1.807, 2.05) is 42.5 Å². The number of hydrogen-bond donors (Lipinski definition) is 0. The monoisotopic (exact) mass is 543 g/mol. The second-order valence-electron chi connectivity index (χ2n) is 8.70. The summed E-state index contributed by atoms with van der Waals surface area (Å²) >= 11 is 12.1. The predicted molar refractivity (Wildman–Crippen MR) is 145 cm³/mol. The van der Waals surface area contributed by atoms with Gasteiger partial charge in [-0.15, -0.1) is 0 Å². The van der Waals surface area contributed by atoms with Gasteiger partial charge in [-0.25, -0.2) is 9.69 Å². The molecule has 1 aliphatic rings. The van der Waals surface area contributed by atoms with Crippen molar-refractivity contribution in [3.8, 4) is 11.1 Å². The van der Waals surface area contributed by atoms with Crippen molar-refractivity contribution in [3.63, 3.8) is 0 Å². The Labute approximate surface area is 228 Å². The number of imide groups is 1. The van der Waals surface area contributed by atoms with Crippen molar-refractivity contribution >= 4 is 52.5 Å². The summed E-state index contributed by atoms with van der Waals surface area (Å²) in [4.78, 5) is 52.4. The third kappa shape index (κ3) is 4.72. The SMILES string of the molecule is Cc1ccc(C(=O)OCC(=O)c2ccc(-c3ccccc3)cc2)cc1N1C(=O)c2cc(Cl)c(Cl)cc2C1=O. The average molecular weight is 544 g/mol. The number of Topliss-reactive ketones (excluding diaryl/α,β-unsaturated/α-hetero) is 1. The van der Waals surface area contributed by atoms with Crippen molar-refractivity contribution < 1.29 is 23.9 Å². The summed E-state index contributed by atoms with van der Waals surface area (Å²) in [5.74, 6) is -2.28. The van der Waals surface area contributed by atoms with Crippen LogP contribution in [0.3, 0.4) is 0 Å². The van der Waals surface area contributed by atoms with Crippen LogP contribution in [0.1, 0.15) is 47.0 Å². The number of anilines is 1. The number of esters is 1. The van der Waals surface area contributed by atoms with Gasteiger partial charge >= 0.3 is 5.97 Å². The number of aryl methyl sites for hydroxylation is 1. The van der Waals surface area contributed by atoms with Gasteiger partial charge in [-0.2, -0.15) is 0 Å². The minimum atomic E-state index is -0.761. The van der Waals surface area contributed by atoms with Crippen LogP contribution in [-0.4, -0.2) is 30.2 Å². The van der Waals surface area contributed by atoms with E-state index >= 15 is 0 Å². The molecule has 0 aromatic heterocycles. The Morgan fingerprint density at radius 1 is 0.737 bits per heavy atom. The van der Waals surface area contributed by atoms with Crippen LogP contribution in [0.5, 0.6) is 0 Å². The zero-order chi connectivity index (χ0) is 27.0. The lowest BCUT2D eigenvalue weighted by molar-refractivity contribution is 0.0474. The summed E-state index contributed by atoms with van der Waals surface area (Å²) in [6.45, 7) is 1.24. The number of nitrogens with zero attached hydrogens (tertiary/aromatic N) is 1. The van der Waals surface area contributed by atoms with Gasteiger partial charge in [0.15, 0.2) is 12.4 Å². The van der Waals surface area contributed by atoms with Crippen LogP contribution >= 0.6 is 23.2 Å². The highest BCUT2D eigenvalue weighted by atomic mass is 35.5. The van der Waals surface area contributed by atoms with Crippen molar-refractivity contribution in [1.29, 1.82) is 0 Å². The average Bonchev–Trinajstić information content (AvgIpc) is 3.16. The number of ether oxygens (including phenoxy) is 1. The molecule has 8 heteroatoms. The number of carbonyl (C=O) groups is 4. The summed E-state index contributed by atoms with van der Waals surface area (Å²) < 4.78 is 5.25. The Morgan fingerprint density at radius 2 is 1.29 bits per heavy atom. The van der Waals surface area contributed by atoms with E-state index in [4.69, 9.17) is 27.9 Å². The van der Waals surface area contributed by atoms with Gasteiger partial charge in [-0.1, -0.05) is 83.9 Å². The number of hydrogen-bond acceptors (Lipinski definition) is 5. The number of rotatable bonds is 6. The van der Waals surface area contributed by atoms with Crippen LogP contribution in [0.25, 0.3) is 11.1 Å². The largest absolute Gasteiger partial charge is 0.454 e. The Kier molecular flexibility index (Phi) is 6.85. The molecule has 0 atom stereocenters. The number of ketones is 1. The summed E-state index contributed by atoms with van der Waals surface area (Å²) in [6, 6.07) is 24.0. The van der Waals surface area contributed by atoms with Crippen molar-refractivity contribution in [2.75, 3.05) is 11.5 Å². The molecule has 0 spiro atoms. The van der Waals surface area contributed by atoms with Gasteiger partial charge in [0.05, 0.1) is 32.4 Å². The lowest BCUT2D eigenvalue weighted by atomic mass is 10.0. The highest BCUT2D eigenvalue weighted by molar-refractivity contribution is 6.44. The van der Waals surface area contributed by atoms with Crippen molar-refractivity contribution in [1.82, 2.24) is 0 Å². The number of fused-ring (bicyclic) bond motifs is 1. The van der Waals surface area contributed by atoms with Gasteiger partial charge in [0.2, 0.25) is 0 Å². The van der Waals surface area contributed by atoms with Crippen LogP contribution in [0, 0.1) is 6.92 Å². The fourth-order valence-electron chi connectivity index (χ4n) is 4.21.